The number of rotatable bonds is 5. The Labute approximate surface area is 215 Å². The standard InChI is InChI=1S/C30H29NO6/c1-16-11-17(2)13-22(12-16)31-27(21-7-9-23(10-8-21)37-20(5)32)26(29(34)30(31)35)28(33)24-14-19(4)25(36-6)15-18(24)3/h7-15,27,33H,1-6H3/b28-26+. The molecule has 1 aliphatic rings. The van der Waals surface area contributed by atoms with Gasteiger partial charge in [0, 0.05) is 18.2 Å². The third-order valence-electron chi connectivity index (χ3n) is 6.38. The number of hydrogen-bond acceptors (Lipinski definition) is 6. The minimum Gasteiger partial charge on any atom is -0.507 e. The fraction of sp³-hybridized carbons (Fsp3) is 0.233. The molecule has 0 saturated carbocycles. The summed E-state index contributed by atoms with van der Waals surface area (Å²) in [7, 11) is 1.57. The molecule has 0 spiro atoms. The summed E-state index contributed by atoms with van der Waals surface area (Å²) in [5.41, 5.74) is 4.90. The number of Topliss-reactive ketones (excluding diaryl/α,β-unsaturated/α-hetero) is 1. The van der Waals surface area contributed by atoms with Crippen LogP contribution in [-0.4, -0.2) is 29.9 Å². The fourth-order valence-corrected chi connectivity index (χ4v) is 4.80. The van der Waals surface area contributed by atoms with Gasteiger partial charge in [0.25, 0.3) is 11.7 Å². The predicted octanol–water partition coefficient (Wildman–Crippen LogP) is 5.48. The van der Waals surface area contributed by atoms with Crippen molar-refractivity contribution in [1.82, 2.24) is 0 Å². The van der Waals surface area contributed by atoms with E-state index >= 15 is 0 Å². The molecule has 7 nitrogen and oxygen atoms in total. The van der Waals surface area contributed by atoms with Crippen LogP contribution in [0.3, 0.4) is 0 Å². The van der Waals surface area contributed by atoms with Crippen LogP contribution in [0.25, 0.3) is 5.76 Å². The minimum absolute atomic E-state index is 0.0166. The number of ether oxygens (including phenoxy) is 2. The number of amides is 1. The van der Waals surface area contributed by atoms with E-state index in [2.05, 4.69) is 0 Å². The zero-order valence-electron chi connectivity index (χ0n) is 21.7. The molecule has 1 fully saturated rings. The molecule has 0 aromatic heterocycles. The highest BCUT2D eigenvalue weighted by molar-refractivity contribution is 6.51. The third-order valence-corrected chi connectivity index (χ3v) is 6.38. The van der Waals surface area contributed by atoms with Crippen molar-refractivity contribution in [3.8, 4) is 11.5 Å². The van der Waals surface area contributed by atoms with E-state index in [4.69, 9.17) is 9.47 Å². The monoisotopic (exact) mass is 499 g/mol. The van der Waals surface area contributed by atoms with E-state index in [1.54, 1.807) is 50.4 Å². The maximum Gasteiger partial charge on any atom is 0.308 e. The quantitative estimate of drug-likeness (QED) is 0.164. The van der Waals surface area contributed by atoms with Gasteiger partial charge in [-0.05, 0) is 91.9 Å². The van der Waals surface area contributed by atoms with Gasteiger partial charge in [-0.15, -0.1) is 0 Å². The van der Waals surface area contributed by atoms with Crippen LogP contribution in [-0.2, 0) is 14.4 Å². The number of carbonyl (C=O) groups is 3. The smallest absolute Gasteiger partial charge is 0.308 e. The Hall–Kier alpha value is -4.39. The van der Waals surface area contributed by atoms with Gasteiger partial charge in [0.1, 0.15) is 17.3 Å². The zero-order valence-corrected chi connectivity index (χ0v) is 21.7. The molecule has 1 amide bonds. The number of hydrogen-bond donors (Lipinski definition) is 1. The maximum atomic E-state index is 13.5. The number of benzene rings is 3. The van der Waals surface area contributed by atoms with E-state index in [0.29, 0.717) is 33.9 Å². The molecule has 1 atom stereocenters. The van der Waals surface area contributed by atoms with Crippen LogP contribution in [0.4, 0.5) is 5.69 Å². The third kappa shape index (κ3) is 4.85. The molecular weight excluding hydrogens is 470 g/mol. The van der Waals surface area contributed by atoms with Gasteiger partial charge in [0.2, 0.25) is 0 Å². The molecule has 1 unspecified atom stereocenters. The Balaban J connectivity index is 1.96. The molecule has 0 bridgehead atoms. The first-order valence-corrected chi connectivity index (χ1v) is 11.8. The van der Waals surface area contributed by atoms with Gasteiger partial charge in [-0.3, -0.25) is 19.3 Å². The van der Waals surface area contributed by atoms with Crippen molar-refractivity contribution < 1.29 is 29.0 Å². The molecule has 190 valence electrons. The molecule has 4 rings (SSSR count). The first-order chi connectivity index (χ1) is 17.5. The van der Waals surface area contributed by atoms with E-state index in [0.717, 1.165) is 16.7 Å². The number of aliphatic hydroxyl groups excluding tert-OH is 1. The zero-order chi connectivity index (χ0) is 27.0. The van der Waals surface area contributed by atoms with Gasteiger partial charge in [-0.25, -0.2) is 0 Å². The van der Waals surface area contributed by atoms with E-state index < -0.39 is 23.7 Å². The highest BCUT2D eigenvalue weighted by Gasteiger charge is 2.47. The number of methoxy groups -OCH3 is 1. The van der Waals surface area contributed by atoms with E-state index in [1.807, 2.05) is 39.0 Å². The van der Waals surface area contributed by atoms with Crippen molar-refractivity contribution in [2.45, 2.75) is 40.7 Å². The topological polar surface area (TPSA) is 93.1 Å². The Kier molecular flexibility index (Phi) is 6.90. The Morgan fingerprint density at radius 3 is 2.08 bits per heavy atom. The van der Waals surface area contributed by atoms with Gasteiger partial charge < -0.3 is 14.6 Å². The van der Waals surface area contributed by atoms with Crippen LogP contribution in [0.5, 0.6) is 11.5 Å². The second kappa shape index (κ2) is 9.93. The minimum atomic E-state index is -0.894. The average Bonchev–Trinajstić information content (AvgIpc) is 3.09. The summed E-state index contributed by atoms with van der Waals surface area (Å²) in [4.78, 5) is 39.7. The number of nitrogens with zero attached hydrogens (tertiary/aromatic N) is 1. The predicted molar refractivity (Wildman–Crippen MR) is 141 cm³/mol. The number of aliphatic hydroxyl groups is 1. The van der Waals surface area contributed by atoms with Gasteiger partial charge in [-0.2, -0.15) is 0 Å². The lowest BCUT2D eigenvalue weighted by Crippen LogP contribution is -2.29. The van der Waals surface area contributed by atoms with Crippen LogP contribution in [0.2, 0.25) is 0 Å². The van der Waals surface area contributed by atoms with Gasteiger partial charge >= 0.3 is 5.97 Å². The highest BCUT2D eigenvalue weighted by Crippen LogP contribution is 2.43. The van der Waals surface area contributed by atoms with Crippen molar-refractivity contribution in [1.29, 1.82) is 0 Å². The SMILES string of the molecule is COc1cc(C)c(/C(O)=C2\C(=O)C(=O)N(c3cc(C)cc(C)c3)C2c2ccc(OC(C)=O)cc2)cc1C. The average molecular weight is 500 g/mol. The molecule has 37 heavy (non-hydrogen) atoms. The number of esters is 1. The molecular formula is C30H29NO6. The van der Waals surface area contributed by atoms with Crippen molar-refractivity contribution in [2.24, 2.45) is 0 Å². The second-order valence-corrected chi connectivity index (χ2v) is 9.31. The highest BCUT2D eigenvalue weighted by atomic mass is 16.5. The summed E-state index contributed by atoms with van der Waals surface area (Å²) in [5, 5.41) is 11.5. The molecule has 0 radical (unpaired) electrons. The van der Waals surface area contributed by atoms with E-state index in [1.165, 1.54) is 11.8 Å². The summed E-state index contributed by atoms with van der Waals surface area (Å²) in [6.45, 7) is 8.79. The van der Waals surface area contributed by atoms with E-state index in [-0.39, 0.29) is 11.3 Å². The summed E-state index contributed by atoms with van der Waals surface area (Å²) in [6.07, 6.45) is 0. The molecule has 1 N–H and O–H groups in total. The molecule has 1 aliphatic heterocycles. The molecule has 7 heteroatoms. The maximum absolute atomic E-state index is 13.5. The fourth-order valence-electron chi connectivity index (χ4n) is 4.80. The van der Waals surface area contributed by atoms with Crippen molar-refractivity contribution in [3.05, 3.63) is 93.6 Å². The lowest BCUT2D eigenvalue weighted by molar-refractivity contribution is -0.132. The first-order valence-electron chi connectivity index (χ1n) is 11.8. The first kappa shape index (κ1) is 25.7. The Bertz CT molecular complexity index is 1430. The number of ketones is 1. The second-order valence-electron chi connectivity index (χ2n) is 9.31. The van der Waals surface area contributed by atoms with Gasteiger partial charge in [-0.1, -0.05) is 18.2 Å². The molecule has 0 aliphatic carbocycles. The molecule has 1 saturated heterocycles. The number of carbonyl (C=O) groups excluding carboxylic acids is 3. The van der Waals surface area contributed by atoms with Crippen molar-refractivity contribution in [2.75, 3.05) is 12.0 Å². The van der Waals surface area contributed by atoms with Crippen molar-refractivity contribution in [3.63, 3.8) is 0 Å². The van der Waals surface area contributed by atoms with Crippen LogP contribution < -0.4 is 14.4 Å². The van der Waals surface area contributed by atoms with Crippen LogP contribution in [0.1, 0.15) is 46.3 Å². The van der Waals surface area contributed by atoms with E-state index in [9.17, 15) is 19.5 Å². The van der Waals surface area contributed by atoms with Gasteiger partial charge in [0.05, 0.1) is 18.7 Å². The molecule has 3 aromatic carbocycles. The summed E-state index contributed by atoms with van der Waals surface area (Å²) >= 11 is 0. The lowest BCUT2D eigenvalue weighted by atomic mass is 9.93. The molecule has 3 aromatic rings. The van der Waals surface area contributed by atoms with Crippen LogP contribution in [0.15, 0.2) is 60.2 Å². The Morgan fingerprint density at radius 1 is 0.892 bits per heavy atom. The van der Waals surface area contributed by atoms with Crippen LogP contribution in [0, 0.1) is 27.7 Å². The number of aryl methyl sites for hydroxylation is 4. The largest absolute Gasteiger partial charge is 0.507 e. The van der Waals surface area contributed by atoms with Crippen LogP contribution >= 0.6 is 0 Å². The van der Waals surface area contributed by atoms with Gasteiger partial charge in [0.15, 0.2) is 0 Å². The van der Waals surface area contributed by atoms with Crippen molar-refractivity contribution >= 4 is 29.1 Å². The number of anilines is 1. The Morgan fingerprint density at radius 2 is 1.51 bits per heavy atom. The summed E-state index contributed by atoms with van der Waals surface area (Å²) in [6, 6.07) is 14.8. The normalized spacial score (nSPS) is 16.7. The summed E-state index contributed by atoms with van der Waals surface area (Å²) in [5.74, 6) is -1.24. The molecule has 1 heterocycles. The lowest BCUT2D eigenvalue weighted by Gasteiger charge is -2.26. The summed E-state index contributed by atoms with van der Waals surface area (Å²) < 4.78 is 10.5.